The predicted octanol–water partition coefficient (Wildman–Crippen LogP) is 1.75. The molecule has 0 aromatic carbocycles. The number of nitrogens with one attached hydrogen (secondary N) is 2. The van der Waals surface area contributed by atoms with Crippen molar-refractivity contribution in [3.05, 3.63) is 17.2 Å². The van der Waals surface area contributed by atoms with Crippen molar-refractivity contribution in [3.8, 4) is 0 Å². The Kier molecular flexibility index (Phi) is 4.78. The normalized spacial score (nSPS) is 13.1. The largest absolute Gasteiger partial charge is 0.378 e. The van der Waals surface area contributed by atoms with Gasteiger partial charge in [0.1, 0.15) is 5.82 Å². The first-order chi connectivity index (χ1) is 7.17. The standard InChI is InChI=1S/C11H21N3O/c1-5-8(2)12-6-11-13-9(3)10(14-11)7-15-4/h8,12H,5-7H2,1-4H3,(H,13,14). The maximum atomic E-state index is 5.07. The summed E-state index contributed by atoms with van der Waals surface area (Å²) in [6.07, 6.45) is 1.13. The van der Waals surface area contributed by atoms with Crippen LogP contribution < -0.4 is 5.32 Å². The van der Waals surface area contributed by atoms with Gasteiger partial charge in [-0.15, -0.1) is 0 Å². The van der Waals surface area contributed by atoms with E-state index in [0.29, 0.717) is 12.6 Å². The SMILES string of the molecule is CCC(C)NCc1nc(COC)c(C)[nH]1. The summed E-state index contributed by atoms with van der Waals surface area (Å²) in [6, 6.07) is 0.529. The minimum atomic E-state index is 0.529. The molecule has 1 aromatic heterocycles. The van der Waals surface area contributed by atoms with Gasteiger partial charge in [0.05, 0.1) is 18.8 Å². The van der Waals surface area contributed by atoms with Crippen LogP contribution in [0.5, 0.6) is 0 Å². The molecule has 0 amide bonds. The quantitative estimate of drug-likeness (QED) is 0.753. The summed E-state index contributed by atoms with van der Waals surface area (Å²) in [5, 5.41) is 3.40. The minimum absolute atomic E-state index is 0.529. The number of aryl methyl sites for hydroxylation is 1. The van der Waals surface area contributed by atoms with Gasteiger partial charge in [-0.2, -0.15) is 0 Å². The number of hydrogen-bond acceptors (Lipinski definition) is 3. The summed E-state index contributed by atoms with van der Waals surface area (Å²) in [4.78, 5) is 7.72. The molecule has 0 radical (unpaired) electrons. The fourth-order valence-corrected chi connectivity index (χ4v) is 1.34. The van der Waals surface area contributed by atoms with Crippen LogP contribution in [-0.2, 0) is 17.9 Å². The molecule has 1 heterocycles. The zero-order chi connectivity index (χ0) is 11.3. The number of aromatic nitrogens is 2. The molecular weight excluding hydrogens is 190 g/mol. The van der Waals surface area contributed by atoms with Crippen molar-refractivity contribution in [3.63, 3.8) is 0 Å². The molecule has 0 fully saturated rings. The summed E-state index contributed by atoms with van der Waals surface area (Å²) in [5.74, 6) is 0.986. The number of rotatable bonds is 6. The van der Waals surface area contributed by atoms with Crippen LogP contribution in [-0.4, -0.2) is 23.1 Å². The van der Waals surface area contributed by atoms with Gasteiger partial charge in [-0.05, 0) is 20.3 Å². The zero-order valence-electron chi connectivity index (χ0n) is 10.1. The Bertz CT molecular complexity index is 296. The molecular formula is C11H21N3O. The van der Waals surface area contributed by atoms with E-state index in [-0.39, 0.29) is 0 Å². The molecule has 0 aliphatic carbocycles. The predicted molar refractivity (Wildman–Crippen MR) is 60.6 cm³/mol. The van der Waals surface area contributed by atoms with E-state index in [1.54, 1.807) is 7.11 Å². The molecule has 2 N–H and O–H groups in total. The second kappa shape index (κ2) is 5.88. The lowest BCUT2D eigenvalue weighted by atomic mass is 10.2. The number of hydrogen-bond donors (Lipinski definition) is 2. The third-order valence-electron chi connectivity index (χ3n) is 2.55. The highest BCUT2D eigenvalue weighted by molar-refractivity contribution is 5.12. The average Bonchev–Trinajstić information content (AvgIpc) is 2.57. The molecule has 0 saturated carbocycles. The Balaban J connectivity index is 2.51. The summed E-state index contributed by atoms with van der Waals surface area (Å²) in [6.45, 7) is 7.73. The average molecular weight is 211 g/mol. The van der Waals surface area contributed by atoms with Crippen LogP contribution in [0.4, 0.5) is 0 Å². The molecule has 1 aromatic rings. The highest BCUT2D eigenvalue weighted by Gasteiger charge is 2.06. The van der Waals surface area contributed by atoms with Crippen molar-refractivity contribution in [1.82, 2.24) is 15.3 Å². The Morgan fingerprint density at radius 3 is 2.87 bits per heavy atom. The maximum Gasteiger partial charge on any atom is 0.120 e. The lowest BCUT2D eigenvalue weighted by Gasteiger charge is -2.08. The number of methoxy groups -OCH3 is 1. The Labute approximate surface area is 91.4 Å². The smallest absolute Gasteiger partial charge is 0.120 e. The van der Waals surface area contributed by atoms with Gasteiger partial charge in [-0.25, -0.2) is 4.98 Å². The lowest BCUT2D eigenvalue weighted by molar-refractivity contribution is 0.181. The fraction of sp³-hybridized carbons (Fsp3) is 0.727. The van der Waals surface area contributed by atoms with E-state index in [4.69, 9.17) is 4.74 Å². The molecule has 15 heavy (non-hydrogen) atoms. The van der Waals surface area contributed by atoms with Crippen molar-refractivity contribution in [2.45, 2.75) is 46.4 Å². The van der Waals surface area contributed by atoms with Crippen LogP contribution in [0, 0.1) is 6.92 Å². The molecule has 1 atom stereocenters. The molecule has 0 aliphatic rings. The molecule has 0 bridgehead atoms. The monoisotopic (exact) mass is 211 g/mol. The van der Waals surface area contributed by atoms with E-state index < -0.39 is 0 Å². The third-order valence-corrected chi connectivity index (χ3v) is 2.55. The second-order valence-electron chi connectivity index (χ2n) is 3.88. The van der Waals surface area contributed by atoms with Crippen molar-refractivity contribution >= 4 is 0 Å². The number of nitrogens with zero attached hydrogens (tertiary/aromatic N) is 1. The Morgan fingerprint density at radius 1 is 1.53 bits per heavy atom. The topological polar surface area (TPSA) is 49.9 Å². The van der Waals surface area contributed by atoms with Gasteiger partial charge < -0.3 is 15.0 Å². The fourth-order valence-electron chi connectivity index (χ4n) is 1.34. The van der Waals surface area contributed by atoms with Gasteiger partial charge in [0.25, 0.3) is 0 Å². The molecule has 1 unspecified atom stereocenters. The van der Waals surface area contributed by atoms with Gasteiger partial charge in [-0.3, -0.25) is 0 Å². The molecule has 4 nitrogen and oxygen atoms in total. The lowest BCUT2D eigenvalue weighted by Crippen LogP contribution is -2.24. The van der Waals surface area contributed by atoms with Crippen LogP contribution in [0.2, 0.25) is 0 Å². The van der Waals surface area contributed by atoms with Crippen LogP contribution in [0.1, 0.15) is 37.5 Å². The van der Waals surface area contributed by atoms with Gasteiger partial charge >= 0.3 is 0 Å². The van der Waals surface area contributed by atoms with E-state index in [1.807, 2.05) is 6.92 Å². The number of H-pyrrole nitrogens is 1. The molecule has 1 rings (SSSR count). The van der Waals surface area contributed by atoms with E-state index in [2.05, 4.69) is 29.1 Å². The van der Waals surface area contributed by atoms with E-state index >= 15 is 0 Å². The first-order valence-electron chi connectivity index (χ1n) is 5.44. The summed E-state index contributed by atoms with van der Waals surface area (Å²) in [7, 11) is 1.69. The van der Waals surface area contributed by atoms with Gasteiger partial charge in [-0.1, -0.05) is 6.92 Å². The highest BCUT2D eigenvalue weighted by Crippen LogP contribution is 2.06. The zero-order valence-corrected chi connectivity index (χ0v) is 10.1. The Hall–Kier alpha value is -0.870. The molecule has 0 aliphatic heterocycles. The second-order valence-corrected chi connectivity index (χ2v) is 3.88. The highest BCUT2D eigenvalue weighted by atomic mass is 16.5. The molecule has 86 valence electrons. The maximum absolute atomic E-state index is 5.07. The van der Waals surface area contributed by atoms with Crippen LogP contribution in [0.15, 0.2) is 0 Å². The third kappa shape index (κ3) is 3.64. The molecule has 0 spiro atoms. The van der Waals surface area contributed by atoms with Gasteiger partial charge in [0.15, 0.2) is 0 Å². The Morgan fingerprint density at radius 2 is 2.27 bits per heavy atom. The van der Waals surface area contributed by atoms with Crippen LogP contribution in [0.25, 0.3) is 0 Å². The molecule has 0 saturated heterocycles. The van der Waals surface area contributed by atoms with Crippen LogP contribution in [0.3, 0.4) is 0 Å². The minimum Gasteiger partial charge on any atom is -0.378 e. The summed E-state index contributed by atoms with van der Waals surface area (Å²) >= 11 is 0. The van der Waals surface area contributed by atoms with E-state index in [1.165, 1.54) is 0 Å². The van der Waals surface area contributed by atoms with Crippen LogP contribution >= 0.6 is 0 Å². The number of imidazole rings is 1. The van der Waals surface area contributed by atoms with Crippen molar-refractivity contribution in [2.24, 2.45) is 0 Å². The van der Waals surface area contributed by atoms with Crippen molar-refractivity contribution < 1.29 is 4.74 Å². The number of aromatic amines is 1. The van der Waals surface area contributed by atoms with Crippen molar-refractivity contribution in [1.29, 1.82) is 0 Å². The van der Waals surface area contributed by atoms with Gasteiger partial charge in [0, 0.05) is 18.8 Å². The first-order valence-corrected chi connectivity index (χ1v) is 5.44. The summed E-state index contributed by atoms with van der Waals surface area (Å²) in [5.41, 5.74) is 2.09. The summed E-state index contributed by atoms with van der Waals surface area (Å²) < 4.78 is 5.07. The number of ether oxygens (including phenoxy) is 1. The van der Waals surface area contributed by atoms with Crippen molar-refractivity contribution in [2.75, 3.05) is 7.11 Å². The van der Waals surface area contributed by atoms with Gasteiger partial charge in [0.2, 0.25) is 0 Å². The first kappa shape index (κ1) is 12.2. The van der Waals surface area contributed by atoms with E-state index in [9.17, 15) is 0 Å². The van der Waals surface area contributed by atoms with E-state index in [0.717, 1.165) is 30.2 Å². The molecule has 4 heteroatoms.